The van der Waals surface area contributed by atoms with Crippen molar-refractivity contribution in [1.29, 1.82) is 0 Å². The molecular formula is C17H23N3O2S. The third-order valence-corrected chi connectivity index (χ3v) is 4.21. The minimum atomic E-state index is -0.0506. The van der Waals surface area contributed by atoms with Gasteiger partial charge in [-0.15, -0.1) is 0 Å². The van der Waals surface area contributed by atoms with E-state index in [-0.39, 0.29) is 5.91 Å². The summed E-state index contributed by atoms with van der Waals surface area (Å²) in [6, 6.07) is 7.10. The summed E-state index contributed by atoms with van der Waals surface area (Å²) in [5, 5.41) is 5.40. The smallest absolute Gasteiger partial charge is 0.278 e. The Kier molecular flexibility index (Phi) is 7.03. The zero-order chi connectivity index (χ0) is 16.5. The molecule has 0 radical (unpaired) electrons. The van der Waals surface area contributed by atoms with Crippen LogP contribution in [0, 0.1) is 0 Å². The van der Waals surface area contributed by atoms with Crippen molar-refractivity contribution in [2.45, 2.75) is 20.3 Å². The molecule has 0 aliphatic rings. The van der Waals surface area contributed by atoms with Gasteiger partial charge in [-0.25, -0.2) is 4.98 Å². The van der Waals surface area contributed by atoms with E-state index in [0.29, 0.717) is 23.1 Å². The predicted octanol–water partition coefficient (Wildman–Crippen LogP) is 3.40. The van der Waals surface area contributed by atoms with E-state index >= 15 is 0 Å². The van der Waals surface area contributed by atoms with E-state index < -0.39 is 0 Å². The lowest BCUT2D eigenvalue weighted by atomic mass is 10.2. The Morgan fingerprint density at radius 3 is 2.61 bits per heavy atom. The van der Waals surface area contributed by atoms with Gasteiger partial charge in [-0.2, -0.15) is 0 Å². The molecule has 1 amide bonds. The Morgan fingerprint density at radius 1 is 1.26 bits per heavy atom. The number of aromatic nitrogens is 1. The van der Waals surface area contributed by atoms with Crippen LogP contribution in [0.25, 0.3) is 0 Å². The number of benzene rings is 1. The summed E-state index contributed by atoms with van der Waals surface area (Å²) in [6.45, 7) is 8.09. The molecule has 2 rings (SSSR count). The average molecular weight is 333 g/mol. The largest absolute Gasteiger partial charge is 0.431 e. The maximum atomic E-state index is 12.1. The normalized spacial score (nSPS) is 10.7. The summed E-state index contributed by atoms with van der Waals surface area (Å²) in [7, 11) is 0. The van der Waals surface area contributed by atoms with Crippen molar-refractivity contribution >= 4 is 17.2 Å². The van der Waals surface area contributed by atoms with Crippen molar-refractivity contribution in [2.24, 2.45) is 0 Å². The third kappa shape index (κ3) is 5.65. The van der Waals surface area contributed by atoms with Crippen LogP contribution in [0.2, 0.25) is 0 Å². The molecule has 5 nitrogen and oxygen atoms in total. The minimum Gasteiger partial charge on any atom is -0.431 e. The molecular weight excluding hydrogens is 310 g/mol. The van der Waals surface area contributed by atoms with Crippen LogP contribution in [-0.4, -0.2) is 42.0 Å². The van der Waals surface area contributed by atoms with Crippen LogP contribution in [-0.2, 0) is 0 Å². The lowest BCUT2D eigenvalue weighted by molar-refractivity contribution is 0.0952. The molecule has 2 aromatic rings. The standard InChI is InChI=1S/C17H23N3O2S/c1-3-20(4-2)12-5-10-18-16(21)14-6-8-15(9-7-14)22-17-19-11-13-23-17/h6-9,11,13H,3-5,10,12H2,1-2H3,(H,18,21). The topological polar surface area (TPSA) is 54.5 Å². The maximum Gasteiger partial charge on any atom is 0.278 e. The maximum absolute atomic E-state index is 12.1. The number of carbonyl (C=O) groups is 1. The highest BCUT2D eigenvalue weighted by Gasteiger charge is 2.06. The molecule has 0 fully saturated rings. The number of rotatable bonds is 9. The van der Waals surface area contributed by atoms with Gasteiger partial charge in [0, 0.05) is 23.7 Å². The zero-order valence-corrected chi connectivity index (χ0v) is 14.4. The van der Waals surface area contributed by atoms with Crippen LogP contribution in [0.1, 0.15) is 30.6 Å². The van der Waals surface area contributed by atoms with Crippen LogP contribution < -0.4 is 10.1 Å². The number of nitrogens with zero attached hydrogens (tertiary/aromatic N) is 2. The zero-order valence-electron chi connectivity index (χ0n) is 13.6. The van der Waals surface area contributed by atoms with Gasteiger partial charge in [-0.3, -0.25) is 4.79 Å². The van der Waals surface area contributed by atoms with Gasteiger partial charge in [0.05, 0.1) is 0 Å². The molecule has 1 heterocycles. The van der Waals surface area contributed by atoms with Crippen molar-refractivity contribution in [3.05, 3.63) is 41.4 Å². The molecule has 0 unspecified atom stereocenters. The summed E-state index contributed by atoms with van der Waals surface area (Å²) in [6.07, 6.45) is 2.65. The summed E-state index contributed by atoms with van der Waals surface area (Å²) >= 11 is 1.43. The van der Waals surface area contributed by atoms with E-state index in [0.717, 1.165) is 26.1 Å². The molecule has 0 atom stereocenters. The number of hydrogen-bond acceptors (Lipinski definition) is 5. The monoisotopic (exact) mass is 333 g/mol. The number of hydrogen-bond donors (Lipinski definition) is 1. The van der Waals surface area contributed by atoms with E-state index in [4.69, 9.17) is 4.74 Å². The molecule has 124 valence electrons. The Bertz CT molecular complexity index is 580. The highest BCUT2D eigenvalue weighted by atomic mass is 32.1. The molecule has 0 saturated heterocycles. The third-order valence-electron chi connectivity index (χ3n) is 3.56. The molecule has 0 spiro atoms. The van der Waals surface area contributed by atoms with Crippen molar-refractivity contribution in [1.82, 2.24) is 15.2 Å². The molecule has 6 heteroatoms. The SMILES string of the molecule is CCN(CC)CCCNC(=O)c1ccc(Oc2nccs2)cc1. The molecule has 0 aliphatic heterocycles. The van der Waals surface area contributed by atoms with Crippen molar-refractivity contribution in [2.75, 3.05) is 26.2 Å². The molecule has 1 aromatic carbocycles. The van der Waals surface area contributed by atoms with Crippen LogP contribution in [0.5, 0.6) is 10.9 Å². The molecule has 1 N–H and O–H groups in total. The van der Waals surface area contributed by atoms with Gasteiger partial charge < -0.3 is 15.0 Å². The summed E-state index contributed by atoms with van der Waals surface area (Å²) < 4.78 is 5.57. The van der Waals surface area contributed by atoms with E-state index in [1.54, 1.807) is 30.5 Å². The van der Waals surface area contributed by atoms with Crippen LogP contribution in [0.3, 0.4) is 0 Å². The minimum absolute atomic E-state index is 0.0506. The van der Waals surface area contributed by atoms with Crippen LogP contribution in [0.15, 0.2) is 35.8 Å². The first-order chi connectivity index (χ1) is 11.2. The highest BCUT2D eigenvalue weighted by Crippen LogP contribution is 2.23. The fourth-order valence-corrected chi connectivity index (χ4v) is 2.69. The molecule has 23 heavy (non-hydrogen) atoms. The first-order valence-electron chi connectivity index (χ1n) is 7.91. The lowest BCUT2D eigenvalue weighted by Crippen LogP contribution is -2.29. The second-order valence-corrected chi connectivity index (χ2v) is 5.92. The summed E-state index contributed by atoms with van der Waals surface area (Å²) in [5.41, 5.74) is 0.638. The van der Waals surface area contributed by atoms with E-state index in [9.17, 15) is 4.79 Å². The Balaban J connectivity index is 1.76. The van der Waals surface area contributed by atoms with Gasteiger partial charge in [0.2, 0.25) is 0 Å². The fraction of sp³-hybridized carbons (Fsp3) is 0.412. The first kappa shape index (κ1) is 17.4. The van der Waals surface area contributed by atoms with Gasteiger partial charge in [0.1, 0.15) is 5.75 Å². The van der Waals surface area contributed by atoms with Crippen LogP contribution in [0.4, 0.5) is 0 Å². The quantitative estimate of drug-likeness (QED) is 0.715. The van der Waals surface area contributed by atoms with E-state index in [2.05, 4.69) is 29.0 Å². The average Bonchev–Trinajstić information content (AvgIpc) is 3.08. The molecule has 0 saturated carbocycles. The number of thiazole rings is 1. The number of nitrogens with one attached hydrogen (secondary N) is 1. The van der Waals surface area contributed by atoms with E-state index in [1.165, 1.54) is 11.3 Å². The van der Waals surface area contributed by atoms with Gasteiger partial charge in [0.25, 0.3) is 11.1 Å². The fourth-order valence-electron chi connectivity index (χ4n) is 2.18. The Labute approximate surface area is 141 Å². The van der Waals surface area contributed by atoms with Gasteiger partial charge >= 0.3 is 0 Å². The lowest BCUT2D eigenvalue weighted by Gasteiger charge is -2.17. The van der Waals surface area contributed by atoms with Gasteiger partial charge in [0.15, 0.2) is 0 Å². The second-order valence-electron chi connectivity index (χ2n) is 5.06. The van der Waals surface area contributed by atoms with Crippen molar-refractivity contribution in [3.63, 3.8) is 0 Å². The second kappa shape index (κ2) is 9.27. The molecule has 1 aromatic heterocycles. The van der Waals surface area contributed by atoms with Crippen molar-refractivity contribution in [3.8, 4) is 10.9 Å². The number of carbonyl (C=O) groups excluding carboxylic acids is 1. The molecule has 0 bridgehead atoms. The molecule has 0 aliphatic carbocycles. The van der Waals surface area contributed by atoms with Gasteiger partial charge in [-0.05, 0) is 50.3 Å². The predicted molar refractivity (Wildman–Crippen MR) is 93.4 cm³/mol. The summed E-state index contributed by atoms with van der Waals surface area (Å²) in [4.78, 5) is 18.5. The van der Waals surface area contributed by atoms with E-state index in [1.807, 2.05) is 5.38 Å². The first-order valence-corrected chi connectivity index (χ1v) is 8.78. The van der Waals surface area contributed by atoms with Crippen LogP contribution >= 0.6 is 11.3 Å². The Morgan fingerprint density at radius 2 is 2.00 bits per heavy atom. The highest BCUT2D eigenvalue weighted by molar-refractivity contribution is 7.11. The van der Waals surface area contributed by atoms with Crippen molar-refractivity contribution < 1.29 is 9.53 Å². The Hall–Kier alpha value is -1.92. The summed E-state index contributed by atoms with van der Waals surface area (Å²) in [5.74, 6) is 0.628. The number of amides is 1. The number of ether oxygens (including phenoxy) is 1. The van der Waals surface area contributed by atoms with Gasteiger partial charge in [-0.1, -0.05) is 25.2 Å².